The Morgan fingerprint density at radius 3 is 2.90 bits per heavy atom. The van der Waals surface area contributed by atoms with E-state index in [0.717, 1.165) is 11.4 Å². The second kappa shape index (κ2) is 6.54. The van der Waals surface area contributed by atoms with Crippen LogP contribution < -0.4 is 5.32 Å². The summed E-state index contributed by atoms with van der Waals surface area (Å²) in [4.78, 5) is 11.9. The molecule has 0 unspecified atom stereocenters. The standard InChI is InChI=1S/C14H16ClN3O2/c1-10-9-12(14(20)16-7-4-8-19)17-18(10)13-6-3-2-5-11(13)15/h2-3,5-6,9,19H,4,7-8H2,1H3,(H,16,20). The van der Waals surface area contributed by atoms with E-state index >= 15 is 0 Å². The molecule has 1 heterocycles. The predicted octanol–water partition coefficient (Wildman–Crippen LogP) is 1.95. The minimum atomic E-state index is -0.257. The Morgan fingerprint density at radius 1 is 1.45 bits per heavy atom. The molecule has 0 saturated carbocycles. The molecule has 2 rings (SSSR count). The maximum atomic E-state index is 11.9. The van der Waals surface area contributed by atoms with Crippen molar-refractivity contribution >= 4 is 17.5 Å². The van der Waals surface area contributed by atoms with Crippen LogP contribution in [0.25, 0.3) is 5.69 Å². The third-order valence-corrected chi connectivity index (χ3v) is 3.14. The molecular weight excluding hydrogens is 278 g/mol. The summed E-state index contributed by atoms with van der Waals surface area (Å²) in [7, 11) is 0. The van der Waals surface area contributed by atoms with E-state index in [1.165, 1.54) is 0 Å². The average molecular weight is 294 g/mol. The molecule has 0 radical (unpaired) electrons. The van der Waals surface area contributed by atoms with Crippen molar-refractivity contribution in [3.63, 3.8) is 0 Å². The van der Waals surface area contributed by atoms with E-state index < -0.39 is 0 Å². The van der Waals surface area contributed by atoms with Gasteiger partial charge in [-0.1, -0.05) is 23.7 Å². The van der Waals surface area contributed by atoms with Crippen LogP contribution in [0.2, 0.25) is 5.02 Å². The third kappa shape index (κ3) is 3.18. The molecule has 1 amide bonds. The minimum absolute atomic E-state index is 0.0490. The first kappa shape index (κ1) is 14.6. The van der Waals surface area contributed by atoms with Gasteiger partial charge in [0.05, 0.1) is 10.7 Å². The molecule has 2 aromatic rings. The molecule has 0 spiro atoms. The molecule has 0 aliphatic rings. The maximum Gasteiger partial charge on any atom is 0.271 e. The van der Waals surface area contributed by atoms with Gasteiger partial charge < -0.3 is 10.4 Å². The van der Waals surface area contributed by atoms with E-state index in [2.05, 4.69) is 10.4 Å². The van der Waals surface area contributed by atoms with E-state index in [1.54, 1.807) is 16.8 Å². The second-order valence-corrected chi connectivity index (χ2v) is 4.77. The monoisotopic (exact) mass is 293 g/mol. The first-order valence-corrected chi connectivity index (χ1v) is 6.72. The Balaban J connectivity index is 2.22. The lowest BCUT2D eigenvalue weighted by molar-refractivity contribution is 0.0945. The normalized spacial score (nSPS) is 10.6. The van der Waals surface area contributed by atoms with Gasteiger partial charge in [-0.05, 0) is 31.5 Å². The lowest BCUT2D eigenvalue weighted by atomic mass is 10.3. The number of rotatable bonds is 5. The molecule has 0 bridgehead atoms. The molecule has 1 aromatic heterocycles. The minimum Gasteiger partial charge on any atom is -0.396 e. The van der Waals surface area contributed by atoms with E-state index in [0.29, 0.717) is 23.7 Å². The van der Waals surface area contributed by atoms with Crippen LogP contribution >= 0.6 is 11.6 Å². The molecule has 106 valence electrons. The molecule has 5 nitrogen and oxygen atoms in total. The van der Waals surface area contributed by atoms with Gasteiger partial charge >= 0.3 is 0 Å². The van der Waals surface area contributed by atoms with Gasteiger partial charge in [0.25, 0.3) is 5.91 Å². The van der Waals surface area contributed by atoms with Crippen molar-refractivity contribution in [3.8, 4) is 5.69 Å². The SMILES string of the molecule is Cc1cc(C(=O)NCCCO)nn1-c1ccccc1Cl. The van der Waals surface area contributed by atoms with Crippen molar-refractivity contribution in [1.82, 2.24) is 15.1 Å². The van der Waals surface area contributed by atoms with Crippen LogP contribution in [-0.4, -0.2) is 33.9 Å². The third-order valence-electron chi connectivity index (χ3n) is 2.82. The summed E-state index contributed by atoms with van der Waals surface area (Å²) in [6, 6.07) is 9.03. The summed E-state index contributed by atoms with van der Waals surface area (Å²) < 4.78 is 1.64. The Kier molecular flexibility index (Phi) is 4.76. The first-order chi connectivity index (χ1) is 9.63. The summed E-state index contributed by atoms with van der Waals surface area (Å²) in [5, 5.41) is 16.2. The molecule has 0 aliphatic heterocycles. The van der Waals surface area contributed by atoms with Crippen molar-refractivity contribution in [3.05, 3.63) is 46.7 Å². The number of hydrogen-bond donors (Lipinski definition) is 2. The van der Waals surface area contributed by atoms with Gasteiger partial charge in [-0.25, -0.2) is 4.68 Å². The fraction of sp³-hybridized carbons (Fsp3) is 0.286. The zero-order chi connectivity index (χ0) is 14.5. The summed E-state index contributed by atoms with van der Waals surface area (Å²) in [6.07, 6.45) is 0.524. The highest BCUT2D eigenvalue weighted by Crippen LogP contribution is 2.21. The number of nitrogens with zero attached hydrogens (tertiary/aromatic N) is 2. The molecule has 0 fully saturated rings. The number of para-hydroxylation sites is 1. The van der Waals surface area contributed by atoms with Crippen LogP contribution in [0.3, 0.4) is 0 Å². The number of hydrogen-bond acceptors (Lipinski definition) is 3. The largest absolute Gasteiger partial charge is 0.396 e. The number of aliphatic hydroxyl groups excluding tert-OH is 1. The first-order valence-electron chi connectivity index (χ1n) is 6.34. The number of halogens is 1. The summed E-state index contributed by atoms with van der Waals surface area (Å²) in [5.41, 5.74) is 1.90. The number of aryl methyl sites for hydroxylation is 1. The molecule has 20 heavy (non-hydrogen) atoms. The van der Waals surface area contributed by atoms with Crippen LogP contribution in [-0.2, 0) is 0 Å². The Hall–Kier alpha value is -1.85. The second-order valence-electron chi connectivity index (χ2n) is 4.37. The number of aliphatic hydroxyl groups is 1. The lowest BCUT2D eigenvalue weighted by Crippen LogP contribution is -2.25. The Labute approximate surface area is 122 Å². The fourth-order valence-electron chi connectivity index (χ4n) is 1.82. The topological polar surface area (TPSA) is 67.2 Å². The van der Waals surface area contributed by atoms with Crippen molar-refractivity contribution < 1.29 is 9.90 Å². The Morgan fingerprint density at radius 2 is 2.20 bits per heavy atom. The number of nitrogens with one attached hydrogen (secondary N) is 1. The molecule has 0 aliphatic carbocycles. The average Bonchev–Trinajstić information content (AvgIpc) is 2.81. The number of aromatic nitrogens is 2. The van der Waals surface area contributed by atoms with Crippen molar-refractivity contribution in [1.29, 1.82) is 0 Å². The lowest BCUT2D eigenvalue weighted by Gasteiger charge is -2.05. The molecule has 0 atom stereocenters. The summed E-state index contributed by atoms with van der Waals surface area (Å²) in [5.74, 6) is -0.257. The molecular formula is C14H16ClN3O2. The van der Waals surface area contributed by atoms with Gasteiger partial charge in [0.15, 0.2) is 5.69 Å². The number of amides is 1. The van der Waals surface area contributed by atoms with Crippen LogP contribution in [0, 0.1) is 6.92 Å². The molecule has 0 saturated heterocycles. The highest BCUT2D eigenvalue weighted by Gasteiger charge is 2.14. The number of carbonyl (C=O) groups is 1. The van der Waals surface area contributed by atoms with Gasteiger partial charge in [-0.3, -0.25) is 4.79 Å². The van der Waals surface area contributed by atoms with Crippen LogP contribution in [0.1, 0.15) is 22.6 Å². The zero-order valence-electron chi connectivity index (χ0n) is 11.1. The van der Waals surface area contributed by atoms with Crippen molar-refractivity contribution in [2.24, 2.45) is 0 Å². The summed E-state index contributed by atoms with van der Waals surface area (Å²) in [6.45, 7) is 2.33. The van der Waals surface area contributed by atoms with E-state index in [4.69, 9.17) is 16.7 Å². The van der Waals surface area contributed by atoms with Crippen LogP contribution in [0.15, 0.2) is 30.3 Å². The smallest absolute Gasteiger partial charge is 0.271 e. The quantitative estimate of drug-likeness (QED) is 0.828. The van der Waals surface area contributed by atoms with E-state index in [-0.39, 0.29) is 12.5 Å². The van der Waals surface area contributed by atoms with Crippen molar-refractivity contribution in [2.45, 2.75) is 13.3 Å². The van der Waals surface area contributed by atoms with Crippen LogP contribution in [0.5, 0.6) is 0 Å². The highest BCUT2D eigenvalue weighted by atomic mass is 35.5. The van der Waals surface area contributed by atoms with Crippen LogP contribution in [0.4, 0.5) is 0 Å². The Bertz CT molecular complexity index is 610. The fourth-order valence-corrected chi connectivity index (χ4v) is 2.04. The molecule has 2 N–H and O–H groups in total. The highest BCUT2D eigenvalue weighted by molar-refractivity contribution is 6.32. The van der Waals surface area contributed by atoms with Gasteiger partial charge in [0, 0.05) is 18.8 Å². The zero-order valence-corrected chi connectivity index (χ0v) is 11.9. The van der Waals surface area contributed by atoms with E-state index in [9.17, 15) is 4.79 Å². The maximum absolute atomic E-state index is 11.9. The van der Waals surface area contributed by atoms with Gasteiger partial charge in [-0.2, -0.15) is 5.10 Å². The summed E-state index contributed by atoms with van der Waals surface area (Å²) >= 11 is 6.13. The van der Waals surface area contributed by atoms with Gasteiger partial charge in [0.1, 0.15) is 0 Å². The number of carbonyl (C=O) groups excluding carboxylic acids is 1. The number of benzene rings is 1. The van der Waals surface area contributed by atoms with E-state index in [1.807, 2.05) is 25.1 Å². The predicted molar refractivity (Wildman–Crippen MR) is 77.3 cm³/mol. The molecule has 1 aromatic carbocycles. The van der Waals surface area contributed by atoms with Crippen molar-refractivity contribution in [2.75, 3.05) is 13.2 Å². The molecule has 6 heteroatoms. The van der Waals surface area contributed by atoms with Gasteiger partial charge in [-0.15, -0.1) is 0 Å². The van der Waals surface area contributed by atoms with Gasteiger partial charge in [0.2, 0.25) is 0 Å².